The second-order valence-corrected chi connectivity index (χ2v) is 10.8. The Labute approximate surface area is 251 Å². The summed E-state index contributed by atoms with van der Waals surface area (Å²) in [6.07, 6.45) is 1.87. The highest BCUT2D eigenvalue weighted by atomic mass is 15.2. The standard InChI is InChI=1S/C41H28N2/c1-2-13-29(14-3-1)31-17-12-18-33(27-31)40-35-19-6-8-21-37(35)41(38-22-9-7-20-36(38)40)43(39-23-10-11-26-42-39)34-25-24-30-15-4-5-16-32(30)28-34/h1-28H. The molecule has 0 atom stereocenters. The molecule has 8 rings (SSSR count). The fraction of sp³-hybridized carbons (Fsp3) is 0. The molecule has 0 saturated carbocycles. The van der Waals surface area contributed by atoms with Gasteiger partial charge in [0, 0.05) is 22.7 Å². The minimum atomic E-state index is 0.881. The maximum atomic E-state index is 4.88. The maximum Gasteiger partial charge on any atom is 0.137 e. The van der Waals surface area contributed by atoms with Crippen molar-refractivity contribution in [2.24, 2.45) is 0 Å². The Morgan fingerprint density at radius 2 is 1.00 bits per heavy atom. The van der Waals surface area contributed by atoms with Crippen molar-refractivity contribution in [1.29, 1.82) is 0 Å². The summed E-state index contributed by atoms with van der Waals surface area (Å²) in [5, 5.41) is 7.20. The highest BCUT2D eigenvalue weighted by molar-refractivity contribution is 6.22. The molecule has 43 heavy (non-hydrogen) atoms. The zero-order chi connectivity index (χ0) is 28.6. The molecule has 0 amide bonds. The topological polar surface area (TPSA) is 16.1 Å². The minimum absolute atomic E-state index is 0.881. The Balaban J connectivity index is 1.45. The van der Waals surface area contributed by atoms with Gasteiger partial charge in [0.15, 0.2) is 0 Å². The maximum absolute atomic E-state index is 4.88. The molecule has 7 aromatic carbocycles. The molecular formula is C41H28N2. The molecule has 202 valence electrons. The van der Waals surface area contributed by atoms with Gasteiger partial charge in [-0.25, -0.2) is 4.98 Å². The van der Waals surface area contributed by atoms with E-state index in [9.17, 15) is 0 Å². The predicted octanol–water partition coefficient (Wildman–Crippen LogP) is 11.3. The molecule has 0 radical (unpaired) electrons. The molecule has 0 aliphatic rings. The van der Waals surface area contributed by atoms with Gasteiger partial charge in [0.1, 0.15) is 5.82 Å². The van der Waals surface area contributed by atoms with E-state index in [-0.39, 0.29) is 0 Å². The molecule has 1 heterocycles. The number of hydrogen-bond donors (Lipinski definition) is 0. The van der Waals surface area contributed by atoms with Gasteiger partial charge in [-0.05, 0) is 74.1 Å². The summed E-state index contributed by atoms with van der Waals surface area (Å²) >= 11 is 0. The third-order valence-corrected chi connectivity index (χ3v) is 8.25. The smallest absolute Gasteiger partial charge is 0.137 e. The van der Waals surface area contributed by atoms with Gasteiger partial charge in [0.25, 0.3) is 0 Å². The second kappa shape index (κ2) is 10.6. The van der Waals surface area contributed by atoms with Gasteiger partial charge in [0.05, 0.1) is 5.69 Å². The van der Waals surface area contributed by atoms with Crippen molar-refractivity contribution in [1.82, 2.24) is 4.98 Å². The Kier molecular flexibility index (Phi) is 6.16. The molecule has 0 saturated heterocycles. The van der Waals surface area contributed by atoms with E-state index >= 15 is 0 Å². The van der Waals surface area contributed by atoms with Crippen LogP contribution in [0.3, 0.4) is 0 Å². The number of benzene rings is 7. The van der Waals surface area contributed by atoms with E-state index in [1.54, 1.807) is 0 Å². The number of rotatable bonds is 5. The molecule has 0 bridgehead atoms. The molecular weight excluding hydrogens is 520 g/mol. The number of pyridine rings is 1. The predicted molar refractivity (Wildman–Crippen MR) is 182 cm³/mol. The van der Waals surface area contributed by atoms with Crippen LogP contribution in [0.25, 0.3) is 54.6 Å². The lowest BCUT2D eigenvalue weighted by Gasteiger charge is -2.29. The van der Waals surface area contributed by atoms with Crippen molar-refractivity contribution in [3.05, 3.63) is 170 Å². The highest BCUT2D eigenvalue weighted by Gasteiger charge is 2.22. The van der Waals surface area contributed by atoms with Crippen molar-refractivity contribution >= 4 is 49.5 Å². The van der Waals surface area contributed by atoms with Gasteiger partial charge in [-0.1, -0.05) is 133 Å². The van der Waals surface area contributed by atoms with E-state index in [0.717, 1.165) is 17.2 Å². The normalized spacial score (nSPS) is 11.3. The zero-order valence-electron chi connectivity index (χ0n) is 23.6. The van der Waals surface area contributed by atoms with Crippen LogP contribution in [-0.2, 0) is 0 Å². The molecule has 2 heteroatoms. The Bertz CT molecular complexity index is 2180. The Morgan fingerprint density at radius 3 is 1.72 bits per heavy atom. The summed E-state index contributed by atoms with van der Waals surface area (Å²) in [5.41, 5.74) is 7.08. The summed E-state index contributed by atoms with van der Waals surface area (Å²) in [7, 11) is 0. The van der Waals surface area contributed by atoms with Gasteiger partial charge in [0.2, 0.25) is 0 Å². The zero-order valence-corrected chi connectivity index (χ0v) is 23.6. The first-order valence-electron chi connectivity index (χ1n) is 14.6. The first-order chi connectivity index (χ1) is 21.3. The SMILES string of the molecule is c1ccc(-c2cccc(-c3c4ccccc4c(N(c4ccc5ccccc5c4)c4ccccn4)c4ccccc34)c2)cc1. The third-order valence-electron chi connectivity index (χ3n) is 8.25. The summed E-state index contributed by atoms with van der Waals surface area (Å²) < 4.78 is 0. The number of hydrogen-bond acceptors (Lipinski definition) is 2. The summed E-state index contributed by atoms with van der Waals surface area (Å²) in [6, 6.07) is 58.4. The third kappa shape index (κ3) is 4.41. The van der Waals surface area contributed by atoms with Crippen molar-refractivity contribution in [2.45, 2.75) is 0 Å². The van der Waals surface area contributed by atoms with Crippen molar-refractivity contribution in [3.8, 4) is 22.3 Å². The quantitative estimate of drug-likeness (QED) is 0.199. The fourth-order valence-electron chi connectivity index (χ4n) is 6.32. The first kappa shape index (κ1) is 25.0. The average molecular weight is 549 g/mol. The number of aromatic nitrogens is 1. The molecule has 1 aromatic heterocycles. The van der Waals surface area contributed by atoms with Crippen LogP contribution in [0, 0.1) is 0 Å². The van der Waals surface area contributed by atoms with Gasteiger partial charge in [-0.2, -0.15) is 0 Å². The van der Waals surface area contributed by atoms with Crippen LogP contribution in [0.2, 0.25) is 0 Å². The van der Waals surface area contributed by atoms with Gasteiger partial charge in [-0.15, -0.1) is 0 Å². The van der Waals surface area contributed by atoms with E-state index in [4.69, 9.17) is 4.98 Å². The van der Waals surface area contributed by atoms with Crippen LogP contribution in [0.1, 0.15) is 0 Å². The first-order valence-corrected chi connectivity index (χ1v) is 14.6. The van der Waals surface area contributed by atoms with Crippen molar-refractivity contribution in [3.63, 3.8) is 0 Å². The lowest BCUT2D eigenvalue weighted by molar-refractivity contribution is 1.20. The number of anilines is 3. The van der Waals surface area contributed by atoms with Crippen LogP contribution in [0.15, 0.2) is 170 Å². The van der Waals surface area contributed by atoms with Gasteiger partial charge in [-0.3, -0.25) is 4.90 Å². The van der Waals surface area contributed by atoms with Crippen LogP contribution in [0.5, 0.6) is 0 Å². The average Bonchev–Trinajstić information content (AvgIpc) is 3.09. The van der Waals surface area contributed by atoms with E-state index < -0.39 is 0 Å². The van der Waals surface area contributed by atoms with E-state index in [2.05, 4.69) is 163 Å². The number of nitrogens with zero attached hydrogens (tertiary/aromatic N) is 2. The van der Waals surface area contributed by atoms with E-state index in [0.29, 0.717) is 0 Å². The molecule has 8 aromatic rings. The minimum Gasteiger partial charge on any atom is -0.294 e. The highest BCUT2D eigenvalue weighted by Crippen LogP contribution is 2.48. The molecule has 0 aliphatic carbocycles. The fourth-order valence-corrected chi connectivity index (χ4v) is 6.32. The van der Waals surface area contributed by atoms with Crippen LogP contribution < -0.4 is 4.90 Å². The second-order valence-electron chi connectivity index (χ2n) is 10.8. The van der Waals surface area contributed by atoms with E-state index in [1.165, 1.54) is 54.6 Å². The molecule has 0 N–H and O–H groups in total. The van der Waals surface area contributed by atoms with Gasteiger partial charge < -0.3 is 0 Å². The van der Waals surface area contributed by atoms with E-state index in [1.807, 2.05) is 12.3 Å². The lowest BCUT2D eigenvalue weighted by Crippen LogP contribution is -2.13. The molecule has 0 fully saturated rings. The molecule has 2 nitrogen and oxygen atoms in total. The Hall–Kier alpha value is -5.73. The summed E-state index contributed by atoms with van der Waals surface area (Å²) in [4.78, 5) is 7.20. The van der Waals surface area contributed by atoms with Crippen LogP contribution in [-0.4, -0.2) is 4.98 Å². The van der Waals surface area contributed by atoms with Crippen molar-refractivity contribution < 1.29 is 0 Å². The van der Waals surface area contributed by atoms with Crippen molar-refractivity contribution in [2.75, 3.05) is 4.90 Å². The summed E-state index contributed by atoms with van der Waals surface area (Å²) in [5.74, 6) is 0.881. The lowest BCUT2D eigenvalue weighted by atomic mass is 9.89. The Morgan fingerprint density at radius 1 is 0.395 bits per heavy atom. The number of fused-ring (bicyclic) bond motifs is 3. The molecule has 0 aliphatic heterocycles. The molecule has 0 spiro atoms. The molecule has 0 unspecified atom stereocenters. The summed E-state index contributed by atoms with van der Waals surface area (Å²) in [6.45, 7) is 0. The monoisotopic (exact) mass is 548 g/mol. The largest absolute Gasteiger partial charge is 0.294 e. The van der Waals surface area contributed by atoms with Crippen LogP contribution >= 0.6 is 0 Å². The van der Waals surface area contributed by atoms with Gasteiger partial charge >= 0.3 is 0 Å². The van der Waals surface area contributed by atoms with Crippen LogP contribution in [0.4, 0.5) is 17.2 Å².